The van der Waals surface area contributed by atoms with Gasteiger partial charge in [0.25, 0.3) is 5.91 Å². The van der Waals surface area contributed by atoms with Crippen LogP contribution in [0.5, 0.6) is 5.75 Å². The maximum absolute atomic E-state index is 12.1. The highest BCUT2D eigenvalue weighted by atomic mass is 16.3. The molecule has 3 aromatic rings. The minimum absolute atomic E-state index is 0.146. The third kappa shape index (κ3) is 2.72. The van der Waals surface area contributed by atoms with Gasteiger partial charge in [-0.3, -0.25) is 4.79 Å². The molecule has 104 valence electrons. The van der Waals surface area contributed by atoms with E-state index >= 15 is 0 Å². The molecule has 3 aromatic carbocycles. The molecule has 0 radical (unpaired) electrons. The van der Waals surface area contributed by atoms with E-state index in [1.54, 1.807) is 24.3 Å². The summed E-state index contributed by atoms with van der Waals surface area (Å²) in [6, 6.07) is 18.2. The summed E-state index contributed by atoms with van der Waals surface area (Å²) in [7, 11) is 0. The fraction of sp³-hybridized carbons (Fsp3) is 0.0556. The summed E-state index contributed by atoms with van der Waals surface area (Å²) < 4.78 is 0. The number of aromatic hydroxyl groups is 1. The first-order valence-electron chi connectivity index (χ1n) is 6.73. The van der Waals surface area contributed by atoms with Gasteiger partial charge in [0, 0.05) is 16.6 Å². The second-order valence-electron chi connectivity index (χ2n) is 5.04. The van der Waals surface area contributed by atoms with Crippen molar-refractivity contribution in [1.82, 2.24) is 0 Å². The first-order valence-corrected chi connectivity index (χ1v) is 6.73. The van der Waals surface area contributed by atoms with E-state index < -0.39 is 0 Å². The Labute approximate surface area is 122 Å². The molecule has 0 aliphatic heterocycles. The van der Waals surface area contributed by atoms with Gasteiger partial charge in [0.2, 0.25) is 0 Å². The molecule has 0 spiro atoms. The lowest BCUT2D eigenvalue weighted by molar-refractivity contribution is 0.102. The molecule has 0 aliphatic rings. The second-order valence-corrected chi connectivity index (χ2v) is 5.04. The summed E-state index contributed by atoms with van der Waals surface area (Å²) in [5.74, 6) is 0.109. The minimum Gasteiger partial charge on any atom is -0.507 e. The maximum Gasteiger partial charge on any atom is 0.255 e. The zero-order valence-electron chi connectivity index (χ0n) is 11.6. The van der Waals surface area contributed by atoms with Crippen molar-refractivity contribution in [2.24, 2.45) is 0 Å². The van der Waals surface area contributed by atoms with E-state index in [0.29, 0.717) is 11.3 Å². The monoisotopic (exact) mass is 277 g/mol. The van der Waals surface area contributed by atoms with Gasteiger partial charge in [-0.1, -0.05) is 24.3 Å². The Morgan fingerprint density at radius 2 is 1.76 bits per heavy atom. The average molecular weight is 277 g/mol. The van der Waals surface area contributed by atoms with E-state index in [2.05, 4.69) is 5.32 Å². The Hall–Kier alpha value is -2.81. The summed E-state index contributed by atoms with van der Waals surface area (Å²) in [6.45, 7) is 1.92. The van der Waals surface area contributed by atoms with Crippen molar-refractivity contribution in [2.75, 3.05) is 5.32 Å². The molecule has 3 nitrogen and oxygen atoms in total. The van der Waals surface area contributed by atoms with Crippen molar-refractivity contribution in [2.45, 2.75) is 6.92 Å². The number of phenols is 1. The third-order valence-electron chi connectivity index (χ3n) is 3.37. The lowest BCUT2D eigenvalue weighted by Gasteiger charge is -2.08. The molecule has 0 unspecified atom stereocenters. The van der Waals surface area contributed by atoms with Crippen LogP contribution in [0, 0.1) is 6.92 Å². The van der Waals surface area contributed by atoms with Gasteiger partial charge in [0.15, 0.2) is 0 Å². The number of nitrogens with one attached hydrogen (secondary N) is 1. The van der Waals surface area contributed by atoms with Crippen molar-refractivity contribution in [3.63, 3.8) is 0 Å². The minimum atomic E-state index is -0.146. The largest absolute Gasteiger partial charge is 0.507 e. The van der Waals surface area contributed by atoms with Gasteiger partial charge in [-0.2, -0.15) is 0 Å². The first-order chi connectivity index (χ1) is 10.1. The molecule has 0 saturated carbocycles. The van der Waals surface area contributed by atoms with E-state index in [1.165, 1.54) is 0 Å². The average Bonchev–Trinajstić information content (AvgIpc) is 2.47. The Bertz CT molecular complexity index is 810. The van der Waals surface area contributed by atoms with Crippen LogP contribution in [-0.4, -0.2) is 11.0 Å². The van der Waals surface area contributed by atoms with Crippen molar-refractivity contribution in [3.8, 4) is 5.75 Å². The zero-order valence-corrected chi connectivity index (χ0v) is 11.6. The number of aryl methyl sites for hydroxylation is 1. The maximum atomic E-state index is 12.1. The summed E-state index contributed by atoms with van der Waals surface area (Å²) in [5.41, 5.74) is 2.30. The number of phenolic OH excluding ortho intramolecular Hbond substituents is 1. The molecule has 0 heterocycles. The molecule has 3 rings (SSSR count). The summed E-state index contributed by atoms with van der Waals surface area (Å²) in [5, 5.41) is 14.5. The number of fused-ring (bicyclic) bond motifs is 1. The zero-order chi connectivity index (χ0) is 14.8. The molecule has 0 atom stereocenters. The van der Waals surface area contributed by atoms with Gasteiger partial charge in [-0.25, -0.2) is 0 Å². The van der Waals surface area contributed by atoms with Crippen molar-refractivity contribution < 1.29 is 9.90 Å². The third-order valence-corrected chi connectivity index (χ3v) is 3.37. The fourth-order valence-corrected chi connectivity index (χ4v) is 2.37. The van der Waals surface area contributed by atoms with Crippen LogP contribution in [-0.2, 0) is 0 Å². The normalized spacial score (nSPS) is 10.5. The number of hydrogen-bond donors (Lipinski definition) is 2. The highest BCUT2D eigenvalue weighted by molar-refractivity contribution is 6.05. The van der Waals surface area contributed by atoms with Gasteiger partial charge < -0.3 is 10.4 Å². The summed E-state index contributed by atoms with van der Waals surface area (Å²) in [4.78, 5) is 12.1. The Balaban J connectivity index is 1.93. The van der Waals surface area contributed by atoms with E-state index in [-0.39, 0.29) is 11.7 Å². The number of rotatable bonds is 2. The molecule has 0 aliphatic carbocycles. The van der Waals surface area contributed by atoms with Crippen molar-refractivity contribution in [3.05, 3.63) is 71.8 Å². The van der Waals surface area contributed by atoms with Gasteiger partial charge in [0.05, 0.1) is 0 Å². The van der Waals surface area contributed by atoms with Crippen LogP contribution < -0.4 is 5.32 Å². The van der Waals surface area contributed by atoms with Crippen LogP contribution >= 0.6 is 0 Å². The standard InChI is InChI=1S/C18H15NO2/c1-12-9-14-11-15(7-8-16(14)17(20)10-12)19-18(21)13-5-3-2-4-6-13/h2-11,20H,1H3,(H,19,21). The Morgan fingerprint density at radius 3 is 2.52 bits per heavy atom. The molecule has 3 heteroatoms. The van der Waals surface area contributed by atoms with Crippen LogP contribution in [0.4, 0.5) is 5.69 Å². The molecular weight excluding hydrogens is 262 g/mol. The lowest BCUT2D eigenvalue weighted by Crippen LogP contribution is -2.11. The molecule has 0 bridgehead atoms. The quantitative estimate of drug-likeness (QED) is 0.740. The van der Waals surface area contributed by atoms with Crippen LogP contribution in [0.3, 0.4) is 0 Å². The molecule has 21 heavy (non-hydrogen) atoms. The summed E-state index contributed by atoms with van der Waals surface area (Å²) in [6.07, 6.45) is 0. The van der Waals surface area contributed by atoms with Crippen molar-refractivity contribution in [1.29, 1.82) is 0 Å². The van der Waals surface area contributed by atoms with Gasteiger partial charge in [-0.05, 0) is 54.3 Å². The van der Waals surface area contributed by atoms with Crippen molar-refractivity contribution >= 4 is 22.4 Å². The van der Waals surface area contributed by atoms with E-state index in [0.717, 1.165) is 16.3 Å². The lowest BCUT2D eigenvalue weighted by atomic mass is 10.1. The smallest absolute Gasteiger partial charge is 0.255 e. The van der Waals surface area contributed by atoms with Crippen LogP contribution in [0.2, 0.25) is 0 Å². The van der Waals surface area contributed by atoms with Crippen LogP contribution in [0.25, 0.3) is 10.8 Å². The number of carbonyl (C=O) groups is 1. The van der Waals surface area contributed by atoms with Crippen LogP contribution in [0.1, 0.15) is 15.9 Å². The molecule has 0 aromatic heterocycles. The molecule has 0 saturated heterocycles. The highest BCUT2D eigenvalue weighted by Gasteiger charge is 2.07. The predicted octanol–water partition coefficient (Wildman–Crippen LogP) is 4.11. The second kappa shape index (κ2) is 5.29. The van der Waals surface area contributed by atoms with Gasteiger partial charge in [-0.15, -0.1) is 0 Å². The van der Waals surface area contributed by atoms with E-state index in [4.69, 9.17) is 0 Å². The fourth-order valence-electron chi connectivity index (χ4n) is 2.37. The van der Waals surface area contributed by atoms with Crippen LogP contribution in [0.15, 0.2) is 60.7 Å². The molecule has 0 fully saturated rings. The van der Waals surface area contributed by atoms with E-state index in [1.807, 2.05) is 43.3 Å². The Kier molecular flexibility index (Phi) is 3.32. The number of hydrogen-bond acceptors (Lipinski definition) is 2. The molecule has 2 N–H and O–H groups in total. The molecular formula is C18H15NO2. The van der Waals surface area contributed by atoms with Gasteiger partial charge >= 0.3 is 0 Å². The topological polar surface area (TPSA) is 49.3 Å². The highest BCUT2D eigenvalue weighted by Crippen LogP contribution is 2.28. The first kappa shape index (κ1) is 13.2. The predicted molar refractivity (Wildman–Crippen MR) is 84.7 cm³/mol. The van der Waals surface area contributed by atoms with Gasteiger partial charge in [0.1, 0.15) is 5.75 Å². The summed E-state index contributed by atoms with van der Waals surface area (Å²) >= 11 is 0. The number of benzene rings is 3. The number of carbonyl (C=O) groups excluding carboxylic acids is 1. The molecule has 1 amide bonds. The van der Waals surface area contributed by atoms with E-state index in [9.17, 15) is 9.90 Å². The number of amides is 1. The Morgan fingerprint density at radius 1 is 1.00 bits per heavy atom. The SMILES string of the molecule is Cc1cc(O)c2ccc(NC(=O)c3ccccc3)cc2c1. The number of anilines is 1.